The van der Waals surface area contributed by atoms with E-state index in [9.17, 15) is 21.1 Å². The summed E-state index contributed by atoms with van der Waals surface area (Å²) in [6.07, 6.45) is -3.54. The molecular weight excluding hydrogens is 177 g/mol. The van der Waals surface area contributed by atoms with Gasteiger partial charge in [-0.1, -0.05) is 3.89 Å². The first-order chi connectivity index (χ1) is 4.19. The molecule has 0 spiro atoms. The van der Waals surface area contributed by atoms with E-state index < -0.39 is 21.8 Å². The molecule has 0 aliphatic heterocycles. The molecule has 0 saturated heterocycles. The van der Waals surface area contributed by atoms with E-state index in [0.717, 1.165) is 0 Å². The standard InChI is InChI=1S/C2H3F3O4S/c3-2(4,1(6)7)10(5,8)9/h1,6-7H. The minimum atomic E-state index is -6.23. The fourth-order valence-electron chi connectivity index (χ4n) is 0.126. The lowest BCUT2D eigenvalue weighted by molar-refractivity contribution is -0.163. The molecule has 0 unspecified atom stereocenters. The third kappa shape index (κ3) is 1.58. The Morgan fingerprint density at radius 2 is 1.60 bits per heavy atom. The van der Waals surface area contributed by atoms with Gasteiger partial charge in [0.2, 0.25) is 6.29 Å². The molecule has 62 valence electrons. The first kappa shape index (κ1) is 9.66. The lowest BCUT2D eigenvalue weighted by Crippen LogP contribution is -2.38. The maximum Gasteiger partial charge on any atom is 0.423 e. The molecule has 0 saturated carbocycles. The molecule has 2 N–H and O–H groups in total. The number of rotatable bonds is 2. The Bertz CT molecular complexity index is 207. The topological polar surface area (TPSA) is 74.6 Å². The van der Waals surface area contributed by atoms with Gasteiger partial charge in [-0.2, -0.15) is 17.2 Å². The highest BCUT2D eigenvalue weighted by Gasteiger charge is 2.52. The van der Waals surface area contributed by atoms with Crippen molar-refractivity contribution in [3.05, 3.63) is 0 Å². The fourth-order valence-corrected chi connectivity index (χ4v) is 0.378. The summed E-state index contributed by atoms with van der Waals surface area (Å²) in [4.78, 5) is 0. The molecular formula is C2H3F3O4S. The second-order valence-electron chi connectivity index (χ2n) is 1.37. The van der Waals surface area contributed by atoms with Crippen LogP contribution in [0.15, 0.2) is 0 Å². The van der Waals surface area contributed by atoms with Gasteiger partial charge in [-0.25, -0.2) is 0 Å². The van der Waals surface area contributed by atoms with E-state index in [4.69, 9.17) is 10.2 Å². The van der Waals surface area contributed by atoms with Crippen LogP contribution in [0.4, 0.5) is 12.7 Å². The van der Waals surface area contributed by atoms with Gasteiger partial charge in [0.1, 0.15) is 0 Å². The predicted octanol–water partition coefficient (Wildman–Crippen LogP) is -0.811. The van der Waals surface area contributed by atoms with Gasteiger partial charge in [0.15, 0.2) is 0 Å². The molecule has 0 atom stereocenters. The van der Waals surface area contributed by atoms with Crippen molar-refractivity contribution in [3.63, 3.8) is 0 Å². The van der Waals surface area contributed by atoms with Gasteiger partial charge in [-0.3, -0.25) is 0 Å². The Hall–Kier alpha value is -0.340. The van der Waals surface area contributed by atoms with Crippen molar-refractivity contribution in [1.29, 1.82) is 0 Å². The lowest BCUT2D eigenvalue weighted by Gasteiger charge is -2.11. The van der Waals surface area contributed by atoms with Gasteiger partial charge >= 0.3 is 15.5 Å². The van der Waals surface area contributed by atoms with Crippen molar-refractivity contribution in [2.45, 2.75) is 11.5 Å². The van der Waals surface area contributed by atoms with Crippen LogP contribution in [0.1, 0.15) is 0 Å². The van der Waals surface area contributed by atoms with Crippen LogP contribution in [0.2, 0.25) is 0 Å². The van der Waals surface area contributed by atoms with Gasteiger partial charge in [-0.15, -0.1) is 0 Å². The van der Waals surface area contributed by atoms with Crippen LogP contribution in [-0.2, 0) is 10.2 Å². The van der Waals surface area contributed by atoms with E-state index in [1.807, 2.05) is 0 Å². The summed E-state index contributed by atoms with van der Waals surface area (Å²) < 4.78 is 53.2. The highest BCUT2D eigenvalue weighted by molar-refractivity contribution is 7.87. The molecule has 0 aromatic carbocycles. The first-order valence-corrected chi connectivity index (χ1v) is 3.26. The molecule has 0 aliphatic rings. The molecule has 0 aromatic heterocycles. The third-order valence-electron chi connectivity index (χ3n) is 0.626. The van der Waals surface area contributed by atoms with Crippen LogP contribution < -0.4 is 0 Å². The summed E-state index contributed by atoms with van der Waals surface area (Å²) in [5, 5.41) is 10.1. The Morgan fingerprint density at radius 3 is 1.60 bits per heavy atom. The SMILES string of the molecule is O=S(=O)(F)C(F)(F)C(O)O. The largest absolute Gasteiger partial charge is 0.423 e. The predicted molar refractivity (Wildman–Crippen MR) is 23.2 cm³/mol. The lowest BCUT2D eigenvalue weighted by atomic mass is 10.7. The number of aliphatic hydroxyl groups is 2. The molecule has 0 amide bonds. The molecule has 8 heteroatoms. The van der Waals surface area contributed by atoms with Gasteiger partial charge in [0.25, 0.3) is 0 Å². The maximum absolute atomic E-state index is 11.6. The van der Waals surface area contributed by atoms with E-state index in [2.05, 4.69) is 0 Å². The van der Waals surface area contributed by atoms with E-state index >= 15 is 0 Å². The van der Waals surface area contributed by atoms with Crippen LogP contribution in [0.3, 0.4) is 0 Å². The van der Waals surface area contributed by atoms with Crippen molar-refractivity contribution < 1.29 is 31.3 Å². The second kappa shape index (κ2) is 2.36. The molecule has 0 fully saturated rings. The smallest absolute Gasteiger partial charge is 0.362 e. The molecule has 0 heterocycles. The minimum absolute atomic E-state index is 3.54. The summed E-state index contributed by atoms with van der Waals surface area (Å²) in [6.45, 7) is 0. The Labute approximate surface area is 54.1 Å². The van der Waals surface area contributed by atoms with Gasteiger partial charge < -0.3 is 10.2 Å². The summed E-state index contributed by atoms with van der Waals surface area (Å²) >= 11 is 0. The molecule has 0 aromatic rings. The summed E-state index contributed by atoms with van der Waals surface area (Å²) in [7, 11) is -6.23. The minimum Gasteiger partial charge on any atom is -0.362 e. The Morgan fingerprint density at radius 1 is 1.30 bits per heavy atom. The van der Waals surface area contributed by atoms with Crippen LogP contribution in [0.25, 0.3) is 0 Å². The molecule has 10 heavy (non-hydrogen) atoms. The van der Waals surface area contributed by atoms with Gasteiger partial charge in [0, 0.05) is 0 Å². The summed E-state index contributed by atoms with van der Waals surface area (Å²) in [5.41, 5.74) is 0. The van der Waals surface area contributed by atoms with Gasteiger partial charge in [0.05, 0.1) is 0 Å². The van der Waals surface area contributed by atoms with Crippen LogP contribution in [-0.4, -0.2) is 30.2 Å². The van der Waals surface area contributed by atoms with E-state index in [-0.39, 0.29) is 0 Å². The van der Waals surface area contributed by atoms with Crippen molar-refractivity contribution in [1.82, 2.24) is 0 Å². The maximum atomic E-state index is 11.6. The Kier molecular flexibility index (Phi) is 2.28. The number of hydrogen-bond donors (Lipinski definition) is 2. The fraction of sp³-hybridized carbons (Fsp3) is 1.00. The molecule has 4 nitrogen and oxygen atoms in total. The highest BCUT2D eigenvalue weighted by Crippen LogP contribution is 2.25. The van der Waals surface area contributed by atoms with Crippen LogP contribution in [0.5, 0.6) is 0 Å². The van der Waals surface area contributed by atoms with Crippen LogP contribution in [0, 0.1) is 0 Å². The molecule has 0 rings (SSSR count). The normalized spacial score (nSPS) is 14.2. The quantitative estimate of drug-likeness (QED) is 0.430. The van der Waals surface area contributed by atoms with E-state index in [1.54, 1.807) is 0 Å². The average molecular weight is 180 g/mol. The third-order valence-corrected chi connectivity index (χ3v) is 1.49. The molecule has 0 radical (unpaired) electrons. The van der Waals surface area contributed by atoms with Crippen molar-refractivity contribution in [2.24, 2.45) is 0 Å². The zero-order valence-corrected chi connectivity index (χ0v) is 5.15. The zero-order valence-electron chi connectivity index (χ0n) is 4.33. The summed E-state index contributed by atoms with van der Waals surface area (Å²) in [5.74, 6) is 0. The van der Waals surface area contributed by atoms with Crippen molar-refractivity contribution in [3.8, 4) is 0 Å². The first-order valence-electron chi connectivity index (χ1n) is 1.87. The Balaban J connectivity index is 4.76. The van der Waals surface area contributed by atoms with Gasteiger partial charge in [-0.05, 0) is 0 Å². The van der Waals surface area contributed by atoms with Crippen molar-refractivity contribution in [2.75, 3.05) is 0 Å². The number of hydrogen-bond acceptors (Lipinski definition) is 4. The summed E-state index contributed by atoms with van der Waals surface area (Å²) in [6, 6.07) is 0. The zero-order chi connectivity index (χ0) is 8.58. The van der Waals surface area contributed by atoms with Crippen LogP contribution >= 0.6 is 0 Å². The van der Waals surface area contributed by atoms with Crippen molar-refractivity contribution >= 4 is 10.2 Å². The number of aliphatic hydroxyl groups excluding tert-OH is 1. The number of halogens is 3. The monoisotopic (exact) mass is 180 g/mol. The molecule has 0 bridgehead atoms. The second-order valence-corrected chi connectivity index (χ2v) is 2.79. The van der Waals surface area contributed by atoms with E-state index in [0.29, 0.717) is 0 Å². The molecule has 0 aliphatic carbocycles. The highest BCUT2D eigenvalue weighted by atomic mass is 32.3. The average Bonchev–Trinajstić information content (AvgIpc) is 1.62. The van der Waals surface area contributed by atoms with E-state index in [1.165, 1.54) is 0 Å². The number of alkyl halides is 2.